The number of anilines is 2. The minimum Gasteiger partial charge on any atom is -0.444 e. The van der Waals surface area contributed by atoms with E-state index in [0.717, 1.165) is 39.0 Å². The summed E-state index contributed by atoms with van der Waals surface area (Å²) in [6.07, 6.45) is 0. The molecule has 0 saturated heterocycles. The molecule has 0 aliphatic carbocycles. The summed E-state index contributed by atoms with van der Waals surface area (Å²) >= 11 is 1.46. The van der Waals surface area contributed by atoms with Crippen LogP contribution in [0.15, 0.2) is 72.8 Å². The quantitative estimate of drug-likeness (QED) is 0.401. The van der Waals surface area contributed by atoms with E-state index in [1.807, 2.05) is 86.6 Å². The smallest absolute Gasteiger partial charge is 0.210 e. The number of nitrogens with zero attached hydrogens (tertiary/aromatic N) is 2. The molecule has 0 radical (unpaired) electrons. The minimum atomic E-state index is 0.631. The van der Waals surface area contributed by atoms with Crippen molar-refractivity contribution in [2.45, 2.75) is 13.8 Å². The summed E-state index contributed by atoms with van der Waals surface area (Å²) in [4.78, 5) is 4.80. The zero-order valence-electron chi connectivity index (χ0n) is 16.1. The first-order chi connectivity index (χ1) is 14.1. The number of benzene rings is 3. The SMILES string of the molecule is Cc1cc(C#N)cc(C)c1Oc1sc(Nc2ccccc2)nc1-c1ccccc1. The number of nitrogens with one attached hydrogen (secondary N) is 1. The van der Waals surface area contributed by atoms with Crippen LogP contribution in [-0.2, 0) is 0 Å². The van der Waals surface area contributed by atoms with Gasteiger partial charge >= 0.3 is 0 Å². The van der Waals surface area contributed by atoms with Gasteiger partial charge < -0.3 is 10.1 Å². The third-order valence-corrected chi connectivity index (χ3v) is 5.30. The summed E-state index contributed by atoms with van der Waals surface area (Å²) in [5.41, 5.74) is 5.23. The highest BCUT2D eigenvalue weighted by molar-refractivity contribution is 7.18. The predicted molar refractivity (Wildman–Crippen MR) is 118 cm³/mol. The third-order valence-electron chi connectivity index (χ3n) is 4.45. The van der Waals surface area contributed by atoms with Crippen LogP contribution in [-0.4, -0.2) is 4.98 Å². The van der Waals surface area contributed by atoms with Crippen molar-refractivity contribution in [3.05, 3.63) is 89.5 Å². The zero-order chi connectivity index (χ0) is 20.2. The van der Waals surface area contributed by atoms with Crippen LogP contribution in [0.1, 0.15) is 16.7 Å². The van der Waals surface area contributed by atoms with Crippen molar-refractivity contribution in [2.24, 2.45) is 0 Å². The van der Waals surface area contributed by atoms with Crippen LogP contribution in [0.5, 0.6) is 10.8 Å². The Morgan fingerprint density at radius 2 is 1.55 bits per heavy atom. The Kier molecular flexibility index (Phi) is 5.28. The lowest BCUT2D eigenvalue weighted by atomic mass is 10.1. The van der Waals surface area contributed by atoms with Crippen molar-refractivity contribution in [1.29, 1.82) is 5.26 Å². The van der Waals surface area contributed by atoms with Crippen LogP contribution in [0.25, 0.3) is 11.3 Å². The lowest BCUT2D eigenvalue weighted by Gasteiger charge is -2.11. The molecule has 0 bridgehead atoms. The Bertz CT molecular complexity index is 1150. The molecule has 1 aromatic heterocycles. The second kappa shape index (κ2) is 8.17. The standard InChI is InChI=1S/C24H19N3OS/c1-16-13-18(15-25)14-17(2)22(16)28-23-21(19-9-5-3-6-10-19)27-24(29-23)26-20-11-7-4-8-12-20/h3-14H,1-2H3,(H,26,27). The number of para-hydroxylation sites is 1. The Hall–Kier alpha value is -3.62. The first kappa shape index (κ1) is 18.7. The number of aryl methyl sites for hydroxylation is 2. The maximum Gasteiger partial charge on any atom is 0.210 e. The highest BCUT2D eigenvalue weighted by atomic mass is 32.1. The second-order valence-corrected chi connectivity index (χ2v) is 7.63. The molecule has 4 rings (SSSR count). The molecule has 0 aliphatic rings. The van der Waals surface area contributed by atoms with E-state index >= 15 is 0 Å². The average molecular weight is 398 g/mol. The Balaban J connectivity index is 1.75. The van der Waals surface area contributed by atoms with E-state index in [4.69, 9.17) is 9.72 Å². The molecule has 0 amide bonds. The van der Waals surface area contributed by atoms with Gasteiger partial charge in [0.15, 0.2) is 5.13 Å². The van der Waals surface area contributed by atoms with Gasteiger partial charge in [0.05, 0.1) is 11.6 Å². The topological polar surface area (TPSA) is 57.9 Å². The maximum atomic E-state index is 9.20. The minimum absolute atomic E-state index is 0.631. The van der Waals surface area contributed by atoms with E-state index in [2.05, 4.69) is 11.4 Å². The molecule has 1 N–H and O–H groups in total. The molecule has 0 aliphatic heterocycles. The number of hydrogen-bond donors (Lipinski definition) is 1. The molecule has 4 nitrogen and oxygen atoms in total. The summed E-state index contributed by atoms with van der Waals surface area (Å²) in [6, 6.07) is 25.8. The molecule has 4 aromatic rings. The van der Waals surface area contributed by atoms with Crippen molar-refractivity contribution in [1.82, 2.24) is 4.98 Å². The van der Waals surface area contributed by atoms with Crippen molar-refractivity contribution >= 4 is 22.2 Å². The molecule has 1 heterocycles. The highest BCUT2D eigenvalue weighted by Crippen LogP contribution is 2.42. The van der Waals surface area contributed by atoms with Gasteiger partial charge in [0.25, 0.3) is 0 Å². The van der Waals surface area contributed by atoms with E-state index in [9.17, 15) is 5.26 Å². The molecule has 0 unspecified atom stereocenters. The van der Waals surface area contributed by atoms with Crippen molar-refractivity contribution in [3.63, 3.8) is 0 Å². The van der Waals surface area contributed by atoms with Crippen molar-refractivity contribution in [2.75, 3.05) is 5.32 Å². The normalized spacial score (nSPS) is 10.4. The van der Waals surface area contributed by atoms with Gasteiger partial charge in [-0.25, -0.2) is 4.98 Å². The summed E-state index contributed by atoms with van der Waals surface area (Å²) < 4.78 is 6.35. The Morgan fingerprint density at radius 3 is 2.17 bits per heavy atom. The lowest BCUT2D eigenvalue weighted by Crippen LogP contribution is -1.93. The van der Waals surface area contributed by atoms with Gasteiger partial charge in [0.2, 0.25) is 5.06 Å². The van der Waals surface area contributed by atoms with Gasteiger partial charge in [-0.15, -0.1) is 0 Å². The molecule has 3 aromatic carbocycles. The van der Waals surface area contributed by atoms with Gasteiger partial charge in [-0.1, -0.05) is 59.9 Å². The number of thiazole rings is 1. The Morgan fingerprint density at radius 1 is 0.931 bits per heavy atom. The summed E-state index contributed by atoms with van der Waals surface area (Å²) in [7, 11) is 0. The zero-order valence-corrected chi connectivity index (χ0v) is 17.0. The van der Waals surface area contributed by atoms with Crippen molar-refractivity contribution < 1.29 is 4.74 Å². The monoisotopic (exact) mass is 397 g/mol. The molecule has 0 fully saturated rings. The van der Waals surface area contributed by atoms with E-state index in [0.29, 0.717) is 10.6 Å². The van der Waals surface area contributed by atoms with Crippen LogP contribution in [0.3, 0.4) is 0 Å². The second-order valence-electron chi connectivity index (χ2n) is 6.67. The van der Waals surface area contributed by atoms with Crippen LogP contribution >= 0.6 is 11.3 Å². The van der Waals surface area contributed by atoms with Gasteiger partial charge in [0, 0.05) is 11.3 Å². The predicted octanol–water partition coefficient (Wildman–Crippen LogP) is 6.83. The van der Waals surface area contributed by atoms with Crippen LogP contribution in [0, 0.1) is 25.2 Å². The number of ether oxygens (including phenoxy) is 1. The molecule has 0 atom stereocenters. The number of nitriles is 1. The van der Waals surface area contributed by atoms with E-state index in [1.165, 1.54) is 11.3 Å². The molecule has 29 heavy (non-hydrogen) atoms. The van der Waals surface area contributed by atoms with E-state index in [1.54, 1.807) is 0 Å². The maximum absolute atomic E-state index is 9.20. The molecule has 0 spiro atoms. The molecule has 142 valence electrons. The first-order valence-corrected chi connectivity index (χ1v) is 10.0. The number of hydrogen-bond acceptors (Lipinski definition) is 5. The summed E-state index contributed by atoms with van der Waals surface area (Å²) in [5, 5.41) is 14.0. The number of aromatic nitrogens is 1. The average Bonchev–Trinajstić information content (AvgIpc) is 3.14. The van der Waals surface area contributed by atoms with Crippen LogP contribution in [0.2, 0.25) is 0 Å². The summed E-state index contributed by atoms with van der Waals surface area (Å²) in [6.45, 7) is 3.91. The molecule has 0 saturated carbocycles. The Labute approximate surface area is 174 Å². The van der Waals surface area contributed by atoms with Crippen LogP contribution in [0.4, 0.5) is 10.8 Å². The van der Waals surface area contributed by atoms with Gasteiger partial charge in [0.1, 0.15) is 11.4 Å². The first-order valence-electron chi connectivity index (χ1n) is 9.21. The van der Waals surface area contributed by atoms with E-state index < -0.39 is 0 Å². The number of rotatable bonds is 5. The van der Waals surface area contributed by atoms with Gasteiger partial charge in [-0.2, -0.15) is 5.26 Å². The summed E-state index contributed by atoms with van der Waals surface area (Å²) in [5.74, 6) is 0.760. The molecular formula is C24H19N3OS. The fraction of sp³-hybridized carbons (Fsp3) is 0.0833. The van der Waals surface area contributed by atoms with Gasteiger partial charge in [-0.05, 0) is 49.2 Å². The van der Waals surface area contributed by atoms with Gasteiger partial charge in [-0.3, -0.25) is 0 Å². The third kappa shape index (κ3) is 4.13. The van der Waals surface area contributed by atoms with E-state index in [-0.39, 0.29) is 0 Å². The fourth-order valence-corrected chi connectivity index (χ4v) is 3.99. The highest BCUT2D eigenvalue weighted by Gasteiger charge is 2.18. The molecular weight excluding hydrogens is 378 g/mol. The largest absolute Gasteiger partial charge is 0.444 e. The van der Waals surface area contributed by atoms with Crippen LogP contribution < -0.4 is 10.1 Å². The van der Waals surface area contributed by atoms with Crippen molar-refractivity contribution in [3.8, 4) is 28.1 Å². The lowest BCUT2D eigenvalue weighted by molar-refractivity contribution is 0.489. The molecule has 5 heteroatoms. The fourth-order valence-electron chi connectivity index (χ4n) is 3.12.